The number of fused-ring (bicyclic) bond motifs is 1. The molecule has 0 bridgehead atoms. The van der Waals surface area contributed by atoms with Crippen LogP contribution >= 0.6 is 0 Å². The number of carbonyl (C=O) groups is 1. The third-order valence-corrected chi connectivity index (χ3v) is 4.61. The van der Waals surface area contributed by atoms with Crippen molar-refractivity contribution in [3.05, 3.63) is 64.7 Å². The van der Waals surface area contributed by atoms with Crippen molar-refractivity contribution < 1.29 is 9.53 Å². The third-order valence-electron chi connectivity index (χ3n) is 4.61. The first kappa shape index (κ1) is 15.6. The normalized spacial score (nSPS) is 16.0. The van der Waals surface area contributed by atoms with Gasteiger partial charge in [0.05, 0.1) is 12.6 Å². The maximum atomic E-state index is 12.8. The van der Waals surface area contributed by atoms with Crippen molar-refractivity contribution >= 4 is 5.91 Å². The number of amides is 1. The van der Waals surface area contributed by atoms with E-state index in [1.807, 2.05) is 44.0 Å². The molecule has 0 saturated carbocycles. The highest BCUT2D eigenvalue weighted by Crippen LogP contribution is 2.35. The number of ether oxygens (including phenoxy) is 1. The second kappa shape index (κ2) is 6.45. The Morgan fingerprint density at radius 3 is 2.78 bits per heavy atom. The van der Waals surface area contributed by atoms with Crippen molar-refractivity contribution in [1.82, 2.24) is 4.90 Å². The predicted octanol–water partition coefficient (Wildman–Crippen LogP) is 4.15. The van der Waals surface area contributed by atoms with Gasteiger partial charge in [-0.15, -0.1) is 0 Å². The van der Waals surface area contributed by atoms with Crippen LogP contribution in [0, 0.1) is 6.92 Å². The molecule has 1 unspecified atom stereocenters. The highest BCUT2D eigenvalue weighted by atomic mass is 16.5. The van der Waals surface area contributed by atoms with E-state index < -0.39 is 0 Å². The second-order valence-electron chi connectivity index (χ2n) is 6.08. The van der Waals surface area contributed by atoms with Gasteiger partial charge in [0.1, 0.15) is 5.75 Å². The van der Waals surface area contributed by atoms with Crippen molar-refractivity contribution in [1.29, 1.82) is 0 Å². The Hall–Kier alpha value is -2.29. The minimum atomic E-state index is 0.0675. The van der Waals surface area contributed by atoms with Crippen molar-refractivity contribution in [3.8, 4) is 5.75 Å². The molecule has 1 amide bonds. The number of rotatable bonds is 4. The first-order chi connectivity index (χ1) is 11.1. The molecule has 1 atom stereocenters. The fourth-order valence-corrected chi connectivity index (χ4v) is 3.38. The van der Waals surface area contributed by atoms with E-state index in [4.69, 9.17) is 4.74 Å². The summed E-state index contributed by atoms with van der Waals surface area (Å²) >= 11 is 0. The van der Waals surface area contributed by atoms with E-state index in [-0.39, 0.29) is 11.9 Å². The highest BCUT2D eigenvalue weighted by molar-refractivity contribution is 5.94. The van der Waals surface area contributed by atoms with Gasteiger partial charge in [-0.3, -0.25) is 4.79 Å². The minimum absolute atomic E-state index is 0.0675. The molecule has 3 rings (SSSR count). The first-order valence-corrected chi connectivity index (χ1v) is 8.20. The van der Waals surface area contributed by atoms with Gasteiger partial charge in [-0.2, -0.15) is 0 Å². The molecule has 23 heavy (non-hydrogen) atoms. The summed E-state index contributed by atoms with van der Waals surface area (Å²) in [7, 11) is 1.90. The summed E-state index contributed by atoms with van der Waals surface area (Å²) in [5.41, 5.74) is 4.36. The Bertz CT molecular complexity index is 723. The molecule has 0 radical (unpaired) electrons. The average Bonchev–Trinajstić information content (AvgIpc) is 2.99. The number of hydrogen-bond acceptors (Lipinski definition) is 2. The molecule has 3 heteroatoms. The molecule has 0 aliphatic heterocycles. The van der Waals surface area contributed by atoms with Crippen molar-refractivity contribution in [2.24, 2.45) is 0 Å². The summed E-state index contributed by atoms with van der Waals surface area (Å²) in [6.07, 6.45) is 2.04. The summed E-state index contributed by atoms with van der Waals surface area (Å²) in [6, 6.07) is 14.3. The lowest BCUT2D eigenvalue weighted by molar-refractivity contribution is 0.0730. The zero-order chi connectivity index (χ0) is 16.4. The van der Waals surface area contributed by atoms with Crippen molar-refractivity contribution in [2.75, 3.05) is 13.7 Å². The molecule has 0 heterocycles. The van der Waals surface area contributed by atoms with Crippen LogP contribution in [-0.4, -0.2) is 24.5 Å². The van der Waals surface area contributed by atoms with Gasteiger partial charge in [0.2, 0.25) is 0 Å². The molecule has 2 aromatic rings. The van der Waals surface area contributed by atoms with Crippen LogP contribution in [0.15, 0.2) is 42.5 Å². The van der Waals surface area contributed by atoms with Gasteiger partial charge in [0.25, 0.3) is 5.91 Å². The van der Waals surface area contributed by atoms with Crippen LogP contribution in [0.4, 0.5) is 0 Å². The molecular weight excluding hydrogens is 286 g/mol. The molecule has 1 aliphatic rings. The van der Waals surface area contributed by atoms with Crippen LogP contribution in [0.5, 0.6) is 5.75 Å². The van der Waals surface area contributed by atoms with Gasteiger partial charge >= 0.3 is 0 Å². The minimum Gasteiger partial charge on any atom is -0.494 e. The Balaban J connectivity index is 1.82. The van der Waals surface area contributed by atoms with E-state index in [0.717, 1.165) is 29.7 Å². The van der Waals surface area contributed by atoms with E-state index in [1.54, 1.807) is 0 Å². The lowest BCUT2D eigenvalue weighted by Crippen LogP contribution is -2.30. The van der Waals surface area contributed by atoms with Gasteiger partial charge in [-0.05, 0) is 61.6 Å². The SMILES string of the molecule is CCOc1ccc(C(=O)N(C)C2CCc3ccccc32)cc1C. The number of aryl methyl sites for hydroxylation is 2. The molecule has 120 valence electrons. The maximum Gasteiger partial charge on any atom is 0.254 e. The van der Waals surface area contributed by atoms with Crippen LogP contribution in [0.25, 0.3) is 0 Å². The van der Waals surface area contributed by atoms with Gasteiger partial charge < -0.3 is 9.64 Å². The first-order valence-electron chi connectivity index (χ1n) is 8.20. The smallest absolute Gasteiger partial charge is 0.254 e. The highest BCUT2D eigenvalue weighted by Gasteiger charge is 2.28. The molecule has 1 aliphatic carbocycles. The third kappa shape index (κ3) is 2.96. The Morgan fingerprint density at radius 2 is 2.04 bits per heavy atom. The summed E-state index contributed by atoms with van der Waals surface area (Å²) in [4.78, 5) is 14.7. The lowest BCUT2D eigenvalue weighted by atomic mass is 10.1. The topological polar surface area (TPSA) is 29.5 Å². The van der Waals surface area contributed by atoms with E-state index in [0.29, 0.717) is 6.61 Å². The Kier molecular flexibility index (Phi) is 4.37. The molecule has 2 aromatic carbocycles. The zero-order valence-corrected chi connectivity index (χ0v) is 14.0. The van der Waals surface area contributed by atoms with E-state index >= 15 is 0 Å². The molecule has 0 N–H and O–H groups in total. The molecule has 0 fully saturated rings. The lowest BCUT2D eigenvalue weighted by Gasteiger charge is -2.26. The number of hydrogen-bond donors (Lipinski definition) is 0. The fourth-order valence-electron chi connectivity index (χ4n) is 3.38. The number of benzene rings is 2. The summed E-state index contributed by atoms with van der Waals surface area (Å²) < 4.78 is 5.55. The van der Waals surface area contributed by atoms with Crippen LogP contribution in [0.1, 0.15) is 46.4 Å². The van der Waals surface area contributed by atoms with Crippen LogP contribution in [-0.2, 0) is 6.42 Å². The predicted molar refractivity (Wildman–Crippen MR) is 91.9 cm³/mol. The molecular formula is C20H23NO2. The average molecular weight is 309 g/mol. The number of nitrogens with zero attached hydrogens (tertiary/aromatic N) is 1. The number of carbonyl (C=O) groups excluding carboxylic acids is 1. The quantitative estimate of drug-likeness (QED) is 0.849. The van der Waals surface area contributed by atoms with E-state index in [1.165, 1.54) is 11.1 Å². The Morgan fingerprint density at radius 1 is 1.26 bits per heavy atom. The molecule has 0 saturated heterocycles. The zero-order valence-electron chi connectivity index (χ0n) is 14.0. The van der Waals surface area contributed by atoms with E-state index in [9.17, 15) is 4.79 Å². The standard InChI is InChI=1S/C20H23NO2/c1-4-23-19-12-10-16(13-14(19)2)20(22)21(3)18-11-9-15-7-5-6-8-17(15)18/h5-8,10,12-13,18H,4,9,11H2,1-3H3. The van der Waals surface area contributed by atoms with Gasteiger partial charge in [-0.25, -0.2) is 0 Å². The fraction of sp³-hybridized carbons (Fsp3) is 0.350. The van der Waals surface area contributed by atoms with Crippen molar-refractivity contribution in [3.63, 3.8) is 0 Å². The molecule has 0 aromatic heterocycles. The second-order valence-corrected chi connectivity index (χ2v) is 6.08. The summed E-state index contributed by atoms with van der Waals surface area (Å²) in [5.74, 6) is 0.913. The maximum absolute atomic E-state index is 12.8. The monoisotopic (exact) mass is 309 g/mol. The molecule has 3 nitrogen and oxygen atoms in total. The largest absolute Gasteiger partial charge is 0.494 e. The summed E-state index contributed by atoms with van der Waals surface area (Å²) in [5, 5.41) is 0. The van der Waals surface area contributed by atoms with E-state index in [2.05, 4.69) is 24.3 Å². The van der Waals surface area contributed by atoms with Crippen LogP contribution in [0.2, 0.25) is 0 Å². The molecule has 0 spiro atoms. The van der Waals surface area contributed by atoms with Gasteiger partial charge in [0, 0.05) is 12.6 Å². The van der Waals surface area contributed by atoms with Crippen LogP contribution < -0.4 is 4.74 Å². The summed E-state index contributed by atoms with van der Waals surface area (Å²) in [6.45, 7) is 4.57. The Labute approximate surface area is 137 Å². The van der Waals surface area contributed by atoms with Crippen molar-refractivity contribution in [2.45, 2.75) is 32.7 Å². The van der Waals surface area contributed by atoms with Crippen LogP contribution in [0.3, 0.4) is 0 Å². The van der Waals surface area contributed by atoms with Gasteiger partial charge in [0.15, 0.2) is 0 Å². The van der Waals surface area contributed by atoms with Gasteiger partial charge in [-0.1, -0.05) is 24.3 Å².